The summed E-state index contributed by atoms with van der Waals surface area (Å²) in [7, 11) is 0. The molecule has 2 N–H and O–H groups in total. The smallest absolute Gasteiger partial charge is 0.319 e. The molecule has 1 aromatic rings. The van der Waals surface area contributed by atoms with Crippen molar-refractivity contribution in [3.63, 3.8) is 0 Å². The average molecular weight is 279 g/mol. The maximum Gasteiger partial charge on any atom is 0.319 e. The molecule has 19 heavy (non-hydrogen) atoms. The molecule has 0 amide bonds. The highest BCUT2D eigenvalue weighted by Gasteiger charge is 2.22. The van der Waals surface area contributed by atoms with Crippen molar-refractivity contribution in [1.82, 2.24) is 0 Å². The van der Waals surface area contributed by atoms with Crippen molar-refractivity contribution in [1.29, 1.82) is 0 Å². The first kappa shape index (κ1) is 14.3. The van der Waals surface area contributed by atoms with Gasteiger partial charge in [0.25, 0.3) is 0 Å². The van der Waals surface area contributed by atoms with Crippen LogP contribution in [0.5, 0.6) is 0 Å². The van der Waals surface area contributed by atoms with Crippen molar-refractivity contribution < 1.29 is 9.53 Å². The fourth-order valence-corrected chi connectivity index (χ4v) is 3.16. The van der Waals surface area contributed by atoms with Crippen LogP contribution >= 0.6 is 11.8 Å². The normalized spacial score (nSPS) is 17.9. The number of thioether (sulfide) groups is 1. The summed E-state index contributed by atoms with van der Waals surface area (Å²) in [5.41, 5.74) is 6.59. The van der Waals surface area contributed by atoms with Crippen molar-refractivity contribution in [2.75, 3.05) is 5.73 Å². The number of rotatable bonds is 4. The Bertz CT molecular complexity index is 430. The first-order chi connectivity index (χ1) is 9.16. The summed E-state index contributed by atoms with van der Waals surface area (Å²) in [6.45, 7) is 1.88. The minimum Gasteiger partial charge on any atom is -0.462 e. The van der Waals surface area contributed by atoms with E-state index in [0.717, 1.165) is 17.7 Å². The Balaban J connectivity index is 1.87. The number of hydrogen-bond donors (Lipinski definition) is 1. The Morgan fingerprint density at radius 1 is 1.32 bits per heavy atom. The molecule has 1 unspecified atom stereocenters. The predicted molar refractivity (Wildman–Crippen MR) is 79.1 cm³/mol. The first-order valence-electron chi connectivity index (χ1n) is 6.88. The van der Waals surface area contributed by atoms with Crippen LogP contribution in [0.4, 0.5) is 5.69 Å². The molecule has 1 fully saturated rings. The number of anilines is 1. The lowest BCUT2D eigenvalue weighted by molar-refractivity contribution is -0.149. The van der Waals surface area contributed by atoms with Gasteiger partial charge < -0.3 is 10.5 Å². The molecule has 1 atom stereocenters. The van der Waals surface area contributed by atoms with Crippen LogP contribution in [-0.2, 0) is 9.53 Å². The van der Waals surface area contributed by atoms with E-state index in [2.05, 4.69) is 0 Å². The van der Waals surface area contributed by atoms with Gasteiger partial charge in [-0.25, -0.2) is 0 Å². The molecule has 0 radical (unpaired) electrons. The molecule has 2 rings (SSSR count). The quantitative estimate of drug-likeness (QED) is 0.519. The van der Waals surface area contributed by atoms with Gasteiger partial charge in [-0.2, -0.15) is 0 Å². The lowest BCUT2D eigenvalue weighted by Gasteiger charge is -2.23. The van der Waals surface area contributed by atoms with Crippen LogP contribution in [0.15, 0.2) is 29.2 Å². The Kier molecular flexibility index (Phi) is 5.14. The van der Waals surface area contributed by atoms with Gasteiger partial charge in [-0.15, -0.1) is 11.8 Å². The average Bonchev–Trinajstić information content (AvgIpc) is 2.42. The fourth-order valence-electron chi connectivity index (χ4n) is 2.27. The number of ether oxygens (including phenoxy) is 1. The van der Waals surface area contributed by atoms with Gasteiger partial charge in [0.05, 0.1) is 0 Å². The lowest BCUT2D eigenvalue weighted by atomic mass is 9.98. The highest BCUT2D eigenvalue weighted by molar-refractivity contribution is 8.00. The van der Waals surface area contributed by atoms with Gasteiger partial charge in [0, 0.05) is 10.6 Å². The van der Waals surface area contributed by atoms with Crippen LogP contribution in [0, 0.1) is 0 Å². The number of carbonyl (C=O) groups excluding carboxylic acids is 1. The lowest BCUT2D eigenvalue weighted by Crippen LogP contribution is -2.26. The standard InChI is InChI=1S/C15H21NO2S/c1-11(19-14-10-6-5-9-13(14)16)15(17)18-12-7-3-2-4-8-12/h5-6,9-12H,2-4,7-8,16H2,1H3. The van der Waals surface area contributed by atoms with E-state index in [0.29, 0.717) is 5.69 Å². The maximum absolute atomic E-state index is 12.0. The molecular formula is C15H21NO2S. The molecule has 0 saturated heterocycles. The van der Waals surface area contributed by atoms with Gasteiger partial charge in [0.15, 0.2) is 0 Å². The molecule has 1 aliphatic carbocycles. The largest absolute Gasteiger partial charge is 0.462 e. The van der Waals surface area contributed by atoms with Crippen LogP contribution in [0.3, 0.4) is 0 Å². The Labute approximate surface area is 118 Å². The molecule has 1 aliphatic rings. The van der Waals surface area contributed by atoms with Gasteiger partial charge in [-0.05, 0) is 44.7 Å². The topological polar surface area (TPSA) is 52.3 Å². The molecule has 0 bridgehead atoms. The summed E-state index contributed by atoms with van der Waals surface area (Å²) in [6.07, 6.45) is 5.75. The molecule has 0 aliphatic heterocycles. The summed E-state index contributed by atoms with van der Waals surface area (Å²) in [5.74, 6) is -0.125. The van der Waals surface area contributed by atoms with E-state index < -0.39 is 0 Å². The molecule has 4 heteroatoms. The number of carbonyl (C=O) groups is 1. The monoisotopic (exact) mass is 279 g/mol. The van der Waals surface area contributed by atoms with Crippen LogP contribution in [-0.4, -0.2) is 17.3 Å². The molecule has 3 nitrogen and oxygen atoms in total. The highest BCUT2D eigenvalue weighted by Crippen LogP contribution is 2.30. The zero-order chi connectivity index (χ0) is 13.7. The van der Waals surface area contributed by atoms with E-state index in [1.165, 1.54) is 31.0 Å². The van der Waals surface area contributed by atoms with E-state index in [4.69, 9.17) is 10.5 Å². The molecule has 0 spiro atoms. The number of nitrogen functional groups attached to an aromatic ring is 1. The maximum atomic E-state index is 12.0. The second-order valence-corrected chi connectivity index (χ2v) is 6.38. The van der Waals surface area contributed by atoms with Gasteiger partial charge in [-0.1, -0.05) is 18.6 Å². The molecular weight excluding hydrogens is 258 g/mol. The number of benzene rings is 1. The van der Waals surface area contributed by atoms with Crippen molar-refractivity contribution in [3.8, 4) is 0 Å². The Morgan fingerprint density at radius 2 is 2.00 bits per heavy atom. The van der Waals surface area contributed by atoms with Crippen molar-refractivity contribution >= 4 is 23.4 Å². The van der Waals surface area contributed by atoms with Crippen LogP contribution < -0.4 is 5.73 Å². The summed E-state index contributed by atoms with van der Waals surface area (Å²) in [5, 5.41) is -0.216. The zero-order valence-corrected chi connectivity index (χ0v) is 12.1. The van der Waals surface area contributed by atoms with Gasteiger partial charge in [0.2, 0.25) is 0 Å². The third-order valence-electron chi connectivity index (χ3n) is 3.39. The minimum atomic E-state index is -0.216. The third-order valence-corrected chi connectivity index (χ3v) is 4.56. The Hall–Kier alpha value is -1.16. The number of para-hydroxylation sites is 1. The molecule has 1 saturated carbocycles. The Morgan fingerprint density at radius 3 is 2.68 bits per heavy atom. The second kappa shape index (κ2) is 6.85. The highest BCUT2D eigenvalue weighted by atomic mass is 32.2. The number of nitrogens with two attached hydrogens (primary N) is 1. The minimum absolute atomic E-state index is 0.123. The molecule has 0 heterocycles. The second-order valence-electron chi connectivity index (χ2n) is 4.99. The third kappa shape index (κ3) is 4.16. The predicted octanol–water partition coefficient (Wildman–Crippen LogP) is 3.63. The van der Waals surface area contributed by atoms with Crippen molar-refractivity contribution in [2.45, 2.75) is 55.3 Å². The SMILES string of the molecule is CC(Sc1ccccc1N)C(=O)OC1CCCCC1. The van der Waals surface area contributed by atoms with Crippen molar-refractivity contribution in [2.24, 2.45) is 0 Å². The van der Waals surface area contributed by atoms with Gasteiger partial charge in [-0.3, -0.25) is 4.79 Å². The van der Waals surface area contributed by atoms with E-state index >= 15 is 0 Å². The molecule has 0 aromatic heterocycles. The summed E-state index contributed by atoms with van der Waals surface area (Å²) < 4.78 is 5.56. The summed E-state index contributed by atoms with van der Waals surface area (Å²) in [4.78, 5) is 13.0. The fraction of sp³-hybridized carbons (Fsp3) is 0.533. The molecule has 104 valence electrons. The van der Waals surface area contributed by atoms with E-state index in [1.807, 2.05) is 31.2 Å². The van der Waals surface area contributed by atoms with Gasteiger partial charge in [0.1, 0.15) is 11.4 Å². The van der Waals surface area contributed by atoms with Crippen LogP contribution in [0.2, 0.25) is 0 Å². The number of hydrogen-bond acceptors (Lipinski definition) is 4. The van der Waals surface area contributed by atoms with Gasteiger partial charge >= 0.3 is 5.97 Å². The first-order valence-corrected chi connectivity index (χ1v) is 7.76. The zero-order valence-electron chi connectivity index (χ0n) is 11.3. The van der Waals surface area contributed by atoms with E-state index in [9.17, 15) is 4.79 Å². The number of esters is 1. The molecule has 1 aromatic carbocycles. The van der Waals surface area contributed by atoms with E-state index in [-0.39, 0.29) is 17.3 Å². The summed E-state index contributed by atoms with van der Waals surface area (Å²) in [6, 6.07) is 7.61. The van der Waals surface area contributed by atoms with E-state index in [1.54, 1.807) is 0 Å². The van der Waals surface area contributed by atoms with Crippen LogP contribution in [0.1, 0.15) is 39.0 Å². The van der Waals surface area contributed by atoms with Crippen molar-refractivity contribution in [3.05, 3.63) is 24.3 Å². The van der Waals surface area contributed by atoms with Crippen LogP contribution in [0.25, 0.3) is 0 Å². The summed E-state index contributed by atoms with van der Waals surface area (Å²) >= 11 is 1.47.